The fourth-order valence-corrected chi connectivity index (χ4v) is 5.54. The Bertz CT molecular complexity index is 1250. The molecular formula is C29H33N5O. The predicted octanol–water partition coefficient (Wildman–Crippen LogP) is 6.67. The van der Waals surface area contributed by atoms with Gasteiger partial charge in [-0.1, -0.05) is 31.4 Å². The number of carbonyl (C=O) groups is 1. The minimum Gasteiger partial charge on any atom is -0.329 e. The van der Waals surface area contributed by atoms with E-state index in [9.17, 15) is 4.79 Å². The Morgan fingerprint density at radius 2 is 1.86 bits per heavy atom. The first-order valence-electron chi connectivity index (χ1n) is 12.8. The summed E-state index contributed by atoms with van der Waals surface area (Å²) in [7, 11) is 0. The van der Waals surface area contributed by atoms with E-state index in [1.165, 1.54) is 12.8 Å². The third-order valence-corrected chi connectivity index (χ3v) is 7.40. The van der Waals surface area contributed by atoms with Crippen LogP contribution in [0.2, 0.25) is 0 Å². The van der Waals surface area contributed by atoms with E-state index in [0.717, 1.165) is 54.3 Å². The molecule has 2 atom stereocenters. The molecule has 1 saturated carbocycles. The van der Waals surface area contributed by atoms with Crippen molar-refractivity contribution in [2.45, 2.75) is 57.9 Å². The maximum atomic E-state index is 13.2. The molecular weight excluding hydrogens is 434 g/mol. The topological polar surface area (TPSA) is 72.7 Å². The van der Waals surface area contributed by atoms with E-state index in [1.54, 1.807) is 12.4 Å². The highest BCUT2D eigenvalue weighted by Crippen LogP contribution is 2.36. The normalized spacial score (nSPS) is 15.8. The number of rotatable bonds is 9. The van der Waals surface area contributed by atoms with Crippen LogP contribution in [0.4, 0.5) is 5.82 Å². The monoisotopic (exact) mass is 467 g/mol. The van der Waals surface area contributed by atoms with Crippen molar-refractivity contribution in [3.63, 3.8) is 0 Å². The van der Waals surface area contributed by atoms with Gasteiger partial charge in [-0.15, -0.1) is 0 Å². The van der Waals surface area contributed by atoms with Crippen LogP contribution in [0.15, 0.2) is 73.4 Å². The van der Waals surface area contributed by atoms with E-state index in [4.69, 9.17) is 4.98 Å². The number of aromatic nitrogens is 4. The number of nitrogens with zero attached hydrogens (tertiary/aromatic N) is 4. The zero-order chi connectivity index (χ0) is 24.0. The van der Waals surface area contributed by atoms with Gasteiger partial charge >= 0.3 is 0 Å². The van der Waals surface area contributed by atoms with Crippen molar-refractivity contribution in [3.8, 4) is 11.1 Å². The molecule has 1 N–H and O–H groups in total. The second-order valence-electron chi connectivity index (χ2n) is 9.70. The van der Waals surface area contributed by atoms with E-state index in [1.807, 2.05) is 42.7 Å². The molecule has 0 aliphatic heterocycles. The highest BCUT2D eigenvalue weighted by molar-refractivity contribution is 5.94. The second kappa shape index (κ2) is 10.8. The van der Waals surface area contributed by atoms with Gasteiger partial charge < -0.3 is 9.88 Å². The van der Waals surface area contributed by atoms with Crippen LogP contribution in [0.1, 0.15) is 57.9 Å². The van der Waals surface area contributed by atoms with Crippen molar-refractivity contribution in [3.05, 3.63) is 73.4 Å². The molecule has 4 aromatic heterocycles. The number of nitrogens with one attached hydrogen (secondary N) is 1. The van der Waals surface area contributed by atoms with Crippen LogP contribution in [-0.2, 0) is 4.79 Å². The Morgan fingerprint density at radius 1 is 1.03 bits per heavy atom. The highest BCUT2D eigenvalue weighted by Gasteiger charge is 2.30. The lowest BCUT2D eigenvalue weighted by atomic mass is 9.85. The van der Waals surface area contributed by atoms with Crippen LogP contribution < -0.4 is 5.32 Å². The lowest BCUT2D eigenvalue weighted by Gasteiger charge is -2.23. The second-order valence-corrected chi connectivity index (χ2v) is 9.70. The quantitative estimate of drug-likeness (QED) is 0.298. The molecule has 2 unspecified atom stereocenters. The molecule has 0 saturated heterocycles. The van der Waals surface area contributed by atoms with Gasteiger partial charge in [-0.25, -0.2) is 9.97 Å². The number of hydrogen-bond donors (Lipinski definition) is 1. The summed E-state index contributed by atoms with van der Waals surface area (Å²) in [6.07, 6.45) is 17.1. The van der Waals surface area contributed by atoms with Crippen LogP contribution >= 0.6 is 0 Å². The molecule has 1 amide bonds. The molecule has 0 aromatic carbocycles. The molecule has 1 aliphatic carbocycles. The first-order valence-corrected chi connectivity index (χ1v) is 12.8. The zero-order valence-electron chi connectivity index (χ0n) is 20.3. The molecule has 5 rings (SSSR count). The Hall–Kier alpha value is -3.54. The largest absolute Gasteiger partial charge is 0.329 e. The summed E-state index contributed by atoms with van der Waals surface area (Å²) in [5, 5.41) is 4.21. The number of amides is 1. The van der Waals surface area contributed by atoms with E-state index in [-0.39, 0.29) is 17.9 Å². The fraction of sp³-hybridized carbons (Fsp3) is 0.379. The first kappa shape index (κ1) is 23.2. The molecule has 0 radical (unpaired) electrons. The van der Waals surface area contributed by atoms with Gasteiger partial charge in [-0.05, 0) is 68.9 Å². The van der Waals surface area contributed by atoms with Crippen LogP contribution in [0.5, 0.6) is 0 Å². The van der Waals surface area contributed by atoms with Gasteiger partial charge in [0.25, 0.3) is 0 Å². The molecule has 35 heavy (non-hydrogen) atoms. The third kappa shape index (κ3) is 5.26. The van der Waals surface area contributed by atoms with Gasteiger partial charge in [-0.2, -0.15) is 0 Å². The van der Waals surface area contributed by atoms with Gasteiger partial charge in [0.05, 0.1) is 0 Å². The Kier molecular flexibility index (Phi) is 7.17. The van der Waals surface area contributed by atoms with Crippen molar-refractivity contribution in [1.29, 1.82) is 0 Å². The minimum absolute atomic E-state index is 0.0391. The Morgan fingerprint density at radius 3 is 2.63 bits per heavy atom. The van der Waals surface area contributed by atoms with Crippen LogP contribution in [0, 0.1) is 11.8 Å². The van der Waals surface area contributed by atoms with Crippen molar-refractivity contribution in [2.24, 2.45) is 11.8 Å². The Labute approximate surface area is 206 Å². The van der Waals surface area contributed by atoms with E-state index >= 15 is 0 Å². The maximum absolute atomic E-state index is 13.2. The van der Waals surface area contributed by atoms with Gasteiger partial charge in [0.1, 0.15) is 11.5 Å². The van der Waals surface area contributed by atoms with Gasteiger partial charge in [0.15, 0.2) is 0 Å². The average molecular weight is 468 g/mol. The molecule has 4 heterocycles. The van der Waals surface area contributed by atoms with Crippen molar-refractivity contribution in [2.75, 3.05) is 5.32 Å². The van der Waals surface area contributed by atoms with Gasteiger partial charge in [0, 0.05) is 59.5 Å². The third-order valence-electron chi connectivity index (χ3n) is 7.40. The standard InChI is InChI=1S/C29H33N5O/c1-21(34-20-26(23-12-7-16-30-19-23)25-14-8-18-32-28(25)34)9-6-13-24(22-10-2-3-11-22)29(35)33-27-15-4-5-17-31-27/h4-5,7-8,12,14-22,24H,2-3,6,9-11,13H2,1H3,(H,31,33,35). The highest BCUT2D eigenvalue weighted by atomic mass is 16.2. The summed E-state index contributed by atoms with van der Waals surface area (Å²) in [4.78, 5) is 26.5. The van der Waals surface area contributed by atoms with Crippen molar-refractivity contribution >= 4 is 22.8 Å². The number of carbonyl (C=O) groups excluding carboxylic acids is 1. The molecule has 1 aliphatic rings. The molecule has 0 spiro atoms. The molecule has 1 fully saturated rings. The SMILES string of the molecule is CC(CCCC(C(=O)Nc1ccccn1)C1CCCC1)n1cc(-c2cccnc2)c2cccnc21. The van der Waals surface area contributed by atoms with Gasteiger partial charge in [-0.3, -0.25) is 9.78 Å². The average Bonchev–Trinajstić information content (AvgIpc) is 3.56. The summed E-state index contributed by atoms with van der Waals surface area (Å²) in [6.45, 7) is 2.25. The maximum Gasteiger partial charge on any atom is 0.228 e. The number of hydrogen-bond acceptors (Lipinski definition) is 4. The predicted molar refractivity (Wildman–Crippen MR) is 140 cm³/mol. The summed E-state index contributed by atoms with van der Waals surface area (Å²) >= 11 is 0. The van der Waals surface area contributed by atoms with Crippen LogP contribution in [0.25, 0.3) is 22.2 Å². The lowest BCUT2D eigenvalue weighted by Crippen LogP contribution is -2.28. The van der Waals surface area contributed by atoms with E-state index in [0.29, 0.717) is 11.7 Å². The first-order chi connectivity index (χ1) is 17.2. The molecule has 6 nitrogen and oxygen atoms in total. The number of fused-ring (bicyclic) bond motifs is 1. The molecule has 6 heteroatoms. The van der Waals surface area contributed by atoms with E-state index in [2.05, 4.69) is 45.1 Å². The van der Waals surface area contributed by atoms with Crippen molar-refractivity contribution < 1.29 is 4.79 Å². The lowest BCUT2D eigenvalue weighted by molar-refractivity contribution is -0.121. The van der Waals surface area contributed by atoms with Crippen LogP contribution in [0.3, 0.4) is 0 Å². The van der Waals surface area contributed by atoms with E-state index < -0.39 is 0 Å². The smallest absolute Gasteiger partial charge is 0.228 e. The fourth-order valence-electron chi connectivity index (χ4n) is 5.54. The summed E-state index contributed by atoms with van der Waals surface area (Å²) in [5.74, 6) is 1.27. The molecule has 0 bridgehead atoms. The summed E-state index contributed by atoms with van der Waals surface area (Å²) in [6, 6.07) is 14.1. The number of anilines is 1. The summed E-state index contributed by atoms with van der Waals surface area (Å²) in [5.41, 5.74) is 3.26. The molecule has 180 valence electrons. The zero-order valence-corrected chi connectivity index (χ0v) is 20.3. The minimum atomic E-state index is 0.0391. The molecule has 4 aromatic rings. The number of pyridine rings is 3. The van der Waals surface area contributed by atoms with Crippen LogP contribution in [-0.4, -0.2) is 25.4 Å². The van der Waals surface area contributed by atoms with Gasteiger partial charge in [0.2, 0.25) is 5.91 Å². The van der Waals surface area contributed by atoms with Crippen molar-refractivity contribution in [1.82, 2.24) is 19.5 Å². The Balaban J connectivity index is 1.29. The summed E-state index contributed by atoms with van der Waals surface area (Å²) < 4.78 is 2.29.